The second-order valence-electron chi connectivity index (χ2n) is 6.11. The highest BCUT2D eigenvalue weighted by Crippen LogP contribution is 2.15. The average molecular weight is 343 g/mol. The minimum atomic E-state index is -0.105. The van der Waals surface area contributed by atoms with Crippen molar-refractivity contribution in [2.24, 2.45) is 0 Å². The van der Waals surface area contributed by atoms with Crippen molar-refractivity contribution in [1.29, 1.82) is 0 Å². The van der Waals surface area contributed by atoms with E-state index < -0.39 is 0 Å². The summed E-state index contributed by atoms with van der Waals surface area (Å²) in [5.41, 5.74) is 2.08. The van der Waals surface area contributed by atoms with E-state index in [1.165, 1.54) is 6.92 Å². The van der Waals surface area contributed by atoms with E-state index in [1.54, 1.807) is 17.0 Å². The normalized spacial score (nSPS) is 10.7. The molecule has 0 bridgehead atoms. The van der Waals surface area contributed by atoms with Crippen molar-refractivity contribution in [2.75, 3.05) is 27.2 Å². The molecule has 134 valence electrons. The highest BCUT2D eigenvalue weighted by atomic mass is 16.2. The fourth-order valence-electron chi connectivity index (χ4n) is 2.38. The Labute approximate surface area is 148 Å². The Morgan fingerprint density at radius 3 is 2.68 bits per heavy atom. The maximum Gasteiger partial charge on any atom is 0.253 e. The highest BCUT2D eigenvalue weighted by Gasteiger charge is 2.12. The Kier molecular flexibility index (Phi) is 6.71. The quantitative estimate of drug-likeness (QED) is 0.706. The summed E-state index contributed by atoms with van der Waals surface area (Å²) in [7, 11) is 4.02. The van der Waals surface area contributed by atoms with Crippen LogP contribution in [0.4, 0.5) is 0 Å². The van der Waals surface area contributed by atoms with E-state index in [-0.39, 0.29) is 11.8 Å². The standard InChI is InChI=1S/C18H25N5O2/c1-14(24)20-11-15-12-23(13-21-15)17-8-5-4-7-16(17)18(25)19-9-6-10-22(2)3/h4-5,7-8,12-13H,6,9-11H2,1-3H3,(H,19,25)(H,20,24). The maximum atomic E-state index is 12.5. The van der Waals surface area contributed by atoms with Gasteiger partial charge in [0.05, 0.1) is 29.8 Å². The van der Waals surface area contributed by atoms with Crippen LogP contribution in [0.1, 0.15) is 29.4 Å². The van der Waals surface area contributed by atoms with E-state index in [2.05, 4.69) is 20.5 Å². The van der Waals surface area contributed by atoms with Gasteiger partial charge in [-0.25, -0.2) is 4.98 Å². The summed E-state index contributed by atoms with van der Waals surface area (Å²) < 4.78 is 1.80. The number of imidazole rings is 1. The van der Waals surface area contributed by atoms with Gasteiger partial charge in [-0.2, -0.15) is 0 Å². The molecular formula is C18H25N5O2. The number of rotatable bonds is 8. The van der Waals surface area contributed by atoms with Crippen molar-refractivity contribution in [3.05, 3.63) is 48.0 Å². The number of benzene rings is 1. The van der Waals surface area contributed by atoms with Crippen molar-refractivity contribution >= 4 is 11.8 Å². The first kappa shape index (κ1) is 18.7. The number of hydrogen-bond acceptors (Lipinski definition) is 4. The Bertz CT molecular complexity index is 724. The molecule has 1 aromatic heterocycles. The molecule has 0 spiro atoms. The molecule has 0 saturated carbocycles. The van der Waals surface area contributed by atoms with Crippen LogP contribution in [-0.2, 0) is 11.3 Å². The Morgan fingerprint density at radius 2 is 1.96 bits per heavy atom. The van der Waals surface area contributed by atoms with Gasteiger partial charge in [-0.15, -0.1) is 0 Å². The van der Waals surface area contributed by atoms with E-state index in [0.29, 0.717) is 18.7 Å². The Balaban J connectivity index is 2.07. The number of carbonyl (C=O) groups excluding carboxylic acids is 2. The molecule has 7 heteroatoms. The van der Waals surface area contributed by atoms with Crippen LogP contribution >= 0.6 is 0 Å². The largest absolute Gasteiger partial charge is 0.352 e. The minimum absolute atomic E-state index is 0.105. The molecule has 0 atom stereocenters. The van der Waals surface area contributed by atoms with Crippen LogP contribution in [0.5, 0.6) is 0 Å². The lowest BCUT2D eigenvalue weighted by Crippen LogP contribution is -2.27. The first-order valence-electron chi connectivity index (χ1n) is 8.27. The van der Waals surface area contributed by atoms with Crippen molar-refractivity contribution in [2.45, 2.75) is 19.9 Å². The smallest absolute Gasteiger partial charge is 0.253 e. The Morgan fingerprint density at radius 1 is 1.20 bits per heavy atom. The van der Waals surface area contributed by atoms with Crippen molar-refractivity contribution < 1.29 is 9.59 Å². The molecule has 2 aromatic rings. The third-order valence-electron chi connectivity index (χ3n) is 3.65. The van der Waals surface area contributed by atoms with Gasteiger partial charge in [-0.05, 0) is 39.2 Å². The molecule has 1 aromatic carbocycles. The zero-order valence-electron chi connectivity index (χ0n) is 15.0. The van der Waals surface area contributed by atoms with E-state index in [1.807, 2.05) is 38.5 Å². The zero-order valence-corrected chi connectivity index (χ0v) is 15.0. The zero-order chi connectivity index (χ0) is 18.2. The lowest BCUT2D eigenvalue weighted by Gasteiger charge is -2.12. The summed E-state index contributed by atoms with van der Waals surface area (Å²) in [5, 5.41) is 5.66. The summed E-state index contributed by atoms with van der Waals surface area (Å²) in [6.45, 7) is 3.38. The van der Waals surface area contributed by atoms with Gasteiger partial charge in [0.25, 0.3) is 5.91 Å². The number of nitrogens with one attached hydrogen (secondary N) is 2. The van der Waals surface area contributed by atoms with Gasteiger partial charge in [-0.1, -0.05) is 12.1 Å². The number of nitrogens with zero attached hydrogens (tertiary/aromatic N) is 3. The van der Waals surface area contributed by atoms with E-state index in [4.69, 9.17) is 0 Å². The molecule has 2 amide bonds. The highest BCUT2D eigenvalue weighted by molar-refractivity contribution is 5.97. The summed E-state index contributed by atoms with van der Waals surface area (Å²) in [6, 6.07) is 7.39. The van der Waals surface area contributed by atoms with Gasteiger partial charge >= 0.3 is 0 Å². The summed E-state index contributed by atoms with van der Waals surface area (Å²) in [4.78, 5) is 29.8. The van der Waals surface area contributed by atoms with Crippen LogP contribution in [0, 0.1) is 0 Å². The molecule has 0 unspecified atom stereocenters. The predicted octanol–water partition coefficient (Wildman–Crippen LogP) is 1.19. The predicted molar refractivity (Wildman–Crippen MR) is 96.6 cm³/mol. The average Bonchev–Trinajstić information content (AvgIpc) is 3.05. The molecule has 0 aliphatic heterocycles. The van der Waals surface area contributed by atoms with Gasteiger partial charge in [-0.3, -0.25) is 9.59 Å². The van der Waals surface area contributed by atoms with Crippen molar-refractivity contribution in [3.8, 4) is 5.69 Å². The maximum absolute atomic E-state index is 12.5. The molecule has 2 N–H and O–H groups in total. The minimum Gasteiger partial charge on any atom is -0.352 e. The van der Waals surface area contributed by atoms with E-state index in [9.17, 15) is 9.59 Å². The molecular weight excluding hydrogens is 318 g/mol. The molecule has 25 heavy (non-hydrogen) atoms. The van der Waals surface area contributed by atoms with Crippen molar-refractivity contribution in [1.82, 2.24) is 25.1 Å². The van der Waals surface area contributed by atoms with Crippen LogP contribution in [0.25, 0.3) is 5.69 Å². The second-order valence-corrected chi connectivity index (χ2v) is 6.11. The van der Waals surface area contributed by atoms with Crippen LogP contribution in [-0.4, -0.2) is 53.5 Å². The van der Waals surface area contributed by atoms with Crippen LogP contribution in [0.2, 0.25) is 0 Å². The van der Waals surface area contributed by atoms with Crippen LogP contribution in [0.3, 0.4) is 0 Å². The number of carbonyl (C=O) groups is 2. The summed E-state index contributed by atoms with van der Waals surface area (Å²) in [5.74, 6) is -0.210. The Hall–Kier alpha value is -2.67. The van der Waals surface area contributed by atoms with Crippen LogP contribution in [0.15, 0.2) is 36.8 Å². The number of amides is 2. The molecule has 2 rings (SSSR count). The van der Waals surface area contributed by atoms with Gasteiger partial charge < -0.3 is 20.1 Å². The van der Waals surface area contributed by atoms with Crippen molar-refractivity contribution in [3.63, 3.8) is 0 Å². The second kappa shape index (κ2) is 8.98. The fraction of sp³-hybridized carbons (Fsp3) is 0.389. The summed E-state index contributed by atoms with van der Waals surface area (Å²) >= 11 is 0. The molecule has 0 radical (unpaired) electrons. The molecule has 7 nitrogen and oxygen atoms in total. The topological polar surface area (TPSA) is 79.3 Å². The molecule has 1 heterocycles. The van der Waals surface area contributed by atoms with Gasteiger partial charge in [0, 0.05) is 19.7 Å². The lowest BCUT2D eigenvalue weighted by molar-refractivity contribution is -0.119. The number of para-hydroxylation sites is 1. The molecule has 0 saturated heterocycles. The summed E-state index contributed by atoms with van der Waals surface area (Å²) in [6.07, 6.45) is 4.36. The monoisotopic (exact) mass is 343 g/mol. The number of hydrogen-bond donors (Lipinski definition) is 2. The number of aromatic nitrogens is 2. The SMILES string of the molecule is CC(=O)NCc1cn(-c2ccccc2C(=O)NCCCN(C)C)cn1. The van der Waals surface area contributed by atoms with Gasteiger partial charge in [0.2, 0.25) is 5.91 Å². The molecule has 0 aliphatic carbocycles. The molecule has 0 aliphatic rings. The van der Waals surface area contributed by atoms with Gasteiger partial charge in [0.15, 0.2) is 0 Å². The first-order valence-corrected chi connectivity index (χ1v) is 8.27. The van der Waals surface area contributed by atoms with Gasteiger partial charge in [0.1, 0.15) is 0 Å². The lowest BCUT2D eigenvalue weighted by atomic mass is 10.1. The van der Waals surface area contributed by atoms with E-state index >= 15 is 0 Å². The van der Waals surface area contributed by atoms with Crippen LogP contribution < -0.4 is 10.6 Å². The fourth-order valence-corrected chi connectivity index (χ4v) is 2.38. The van der Waals surface area contributed by atoms with E-state index in [0.717, 1.165) is 24.3 Å². The first-order chi connectivity index (χ1) is 12.0. The molecule has 0 fully saturated rings. The third kappa shape index (κ3) is 5.72. The third-order valence-corrected chi connectivity index (χ3v) is 3.65.